The Kier molecular flexibility index (Phi) is 6.43. The number of halogens is 2. The third-order valence-electron chi connectivity index (χ3n) is 3.12. The first-order chi connectivity index (χ1) is 10.2. The van der Waals surface area contributed by atoms with Gasteiger partial charge in [0.1, 0.15) is 0 Å². The van der Waals surface area contributed by atoms with Gasteiger partial charge in [0, 0.05) is 0 Å². The number of sulfonamides is 1. The fourth-order valence-electron chi connectivity index (χ4n) is 1.84. The minimum absolute atomic E-state index is 0.0865. The van der Waals surface area contributed by atoms with Crippen molar-refractivity contribution in [3.63, 3.8) is 0 Å². The van der Waals surface area contributed by atoms with Crippen LogP contribution in [-0.4, -0.2) is 26.6 Å². The van der Waals surface area contributed by atoms with E-state index >= 15 is 0 Å². The molecule has 0 radical (unpaired) electrons. The lowest BCUT2D eigenvalue weighted by Gasteiger charge is -2.23. The number of hydrogen-bond acceptors (Lipinski definition) is 3. The van der Waals surface area contributed by atoms with Crippen molar-refractivity contribution >= 4 is 15.9 Å². The summed E-state index contributed by atoms with van der Waals surface area (Å²) in [7, 11) is -3.47. The van der Waals surface area contributed by atoms with Crippen LogP contribution in [0.1, 0.15) is 32.4 Å². The minimum atomic E-state index is -3.47. The van der Waals surface area contributed by atoms with Gasteiger partial charge < -0.3 is 5.32 Å². The first-order valence-corrected chi connectivity index (χ1v) is 8.53. The van der Waals surface area contributed by atoms with E-state index in [9.17, 15) is 22.0 Å². The van der Waals surface area contributed by atoms with E-state index in [1.54, 1.807) is 0 Å². The molecule has 5 nitrogen and oxygen atoms in total. The SMILES string of the molecule is CCS(=O)(=O)NCC(=O)N[C@H](c1ccc(F)c(F)c1)C(C)C. The molecule has 0 unspecified atom stereocenters. The van der Waals surface area contributed by atoms with E-state index in [0.29, 0.717) is 5.56 Å². The predicted molar refractivity (Wildman–Crippen MR) is 79.5 cm³/mol. The molecular formula is C14H20F2N2O3S. The lowest BCUT2D eigenvalue weighted by Crippen LogP contribution is -2.40. The lowest BCUT2D eigenvalue weighted by molar-refractivity contribution is -0.121. The molecule has 0 aromatic heterocycles. The summed E-state index contributed by atoms with van der Waals surface area (Å²) in [5.74, 6) is -2.72. The third kappa shape index (κ3) is 5.34. The molecule has 0 saturated heterocycles. The number of hydrogen-bond donors (Lipinski definition) is 2. The van der Waals surface area contributed by atoms with Crippen LogP contribution in [-0.2, 0) is 14.8 Å². The second-order valence-electron chi connectivity index (χ2n) is 5.19. The number of carbonyl (C=O) groups excluding carboxylic acids is 1. The Morgan fingerprint density at radius 3 is 2.36 bits per heavy atom. The monoisotopic (exact) mass is 334 g/mol. The van der Waals surface area contributed by atoms with Crippen LogP contribution < -0.4 is 10.0 Å². The molecule has 1 aromatic rings. The number of nitrogens with one attached hydrogen (secondary N) is 2. The van der Waals surface area contributed by atoms with E-state index < -0.39 is 40.2 Å². The summed E-state index contributed by atoms with van der Waals surface area (Å²) < 4.78 is 51.0. The standard InChI is InChI=1S/C14H20F2N2O3S/c1-4-22(20,21)17-8-13(19)18-14(9(2)3)10-5-6-11(15)12(16)7-10/h5-7,9,14,17H,4,8H2,1-3H3,(H,18,19)/t14-/m0/s1. The summed E-state index contributed by atoms with van der Waals surface area (Å²) in [4.78, 5) is 11.8. The van der Waals surface area contributed by atoms with E-state index in [1.807, 2.05) is 13.8 Å². The van der Waals surface area contributed by atoms with Gasteiger partial charge in [-0.25, -0.2) is 21.9 Å². The molecule has 1 atom stereocenters. The molecule has 0 heterocycles. The predicted octanol–water partition coefficient (Wildman–Crippen LogP) is 1.72. The maximum absolute atomic E-state index is 13.3. The van der Waals surface area contributed by atoms with Gasteiger partial charge in [-0.2, -0.15) is 0 Å². The molecule has 0 spiro atoms. The van der Waals surface area contributed by atoms with Gasteiger partial charge >= 0.3 is 0 Å². The molecule has 0 aliphatic rings. The first-order valence-electron chi connectivity index (χ1n) is 6.88. The van der Waals surface area contributed by atoms with E-state index in [1.165, 1.54) is 13.0 Å². The van der Waals surface area contributed by atoms with Crippen LogP contribution in [0.2, 0.25) is 0 Å². The second kappa shape index (κ2) is 7.64. The summed E-state index contributed by atoms with van der Waals surface area (Å²) in [6.45, 7) is 4.67. The van der Waals surface area contributed by atoms with Gasteiger partial charge in [0.15, 0.2) is 11.6 Å². The fraction of sp³-hybridized carbons (Fsp3) is 0.500. The highest BCUT2D eigenvalue weighted by molar-refractivity contribution is 7.89. The minimum Gasteiger partial charge on any atom is -0.348 e. The number of rotatable bonds is 7. The van der Waals surface area contributed by atoms with Crippen LogP contribution in [0.15, 0.2) is 18.2 Å². The molecule has 22 heavy (non-hydrogen) atoms. The Balaban J connectivity index is 2.80. The number of benzene rings is 1. The van der Waals surface area contributed by atoms with Crippen LogP contribution >= 0.6 is 0 Å². The fourth-order valence-corrected chi connectivity index (χ4v) is 2.40. The Bertz CT molecular complexity index is 633. The second-order valence-corrected chi connectivity index (χ2v) is 7.28. The summed E-state index contributed by atoms with van der Waals surface area (Å²) in [5.41, 5.74) is 0.417. The highest BCUT2D eigenvalue weighted by atomic mass is 32.2. The van der Waals surface area contributed by atoms with E-state index in [4.69, 9.17) is 0 Å². The topological polar surface area (TPSA) is 75.3 Å². The molecule has 124 valence electrons. The highest BCUT2D eigenvalue weighted by Crippen LogP contribution is 2.23. The summed E-state index contributed by atoms with van der Waals surface area (Å²) in [6.07, 6.45) is 0. The van der Waals surface area contributed by atoms with Crippen molar-refractivity contribution in [2.24, 2.45) is 5.92 Å². The van der Waals surface area contributed by atoms with Crippen LogP contribution in [0.25, 0.3) is 0 Å². The normalized spacial score (nSPS) is 13.2. The van der Waals surface area contributed by atoms with Crippen LogP contribution in [0.3, 0.4) is 0 Å². The molecule has 0 fully saturated rings. The average Bonchev–Trinajstić information content (AvgIpc) is 2.45. The van der Waals surface area contributed by atoms with Crippen LogP contribution in [0.5, 0.6) is 0 Å². The number of amides is 1. The van der Waals surface area contributed by atoms with Gasteiger partial charge in [-0.3, -0.25) is 4.79 Å². The van der Waals surface area contributed by atoms with Crippen molar-refractivity contribution in [2.75, 3.05) is 12.3 Å². The quantitative estimate of drug-likeness (QED) is 0.797. The van der Waals surface area contributed by atoms with Crippen molar-refractivity contribution in [3.8, 4) is 0 Å². The van der Waals surface area contributed by atoms with Crippen molar-refractivity contribution in [2.45, 2.75) is 26.8 Å². The average molecular weight is 334 g/mol. The largest absolute Gasteiger partial charge is 0.348 e. The van der Waals surface area contributed by atoms with Crippen molar-refractivity contribution < 1.29 is 22.0 Å². The molecule has 0 bridgehead atoms. The van der Waals surface area contributed by atoms with Gasteiger partial charge in [-0.05, 0) is 30.5 Å². The maximum Gasteiger partial charge on any atom is 0.235 e. The van der Waals surface area contributed by atoms with Crippen LogP contribution in [0.4, 0.5) is 8.78 Å². The van der Waals surface area contributed by atoms with Gasteiger partial charge in [0.25, 0.3) is 0 Å². The van der Waals surface area contributed by atoms with Gasteiger partial charge in [0.2, 0.25) is 15.9 Å². The molecule has 8 heteroatoms. The molecule has 1 amide bonds. The highest BCUT2D eigenvalue weighted by Gasteiger charge is 2.20. The lowest BCUT2D eigenvalue weighted by atomic mass is 9.96. The molecule has 0 aliphatic heterocycles. The molecule has 1 rings (SSSR count). The Morgan fingerprint density at radius 1 is 1.23 bits per heavy atom. The Hall–Kier alpha value is -1.54. The van der Waals surface area contributed by atoms with Gasteiger partial charge in [0.05, 0.1) is 18.3 Å². The molecule has 0 aliphatic carbocycles. The number of carbonyl (C=O) groups is 1. The first kappa shape index (κ1) is 18.5. The van der Waals surface area contributed by atoms with E-state index in [-0.39, 0.29) is 11.7 Å². The molecule has 1 aromatic carbocycles. The van der Waals surface area contributed by atoms with E-state index in [0.717, 1.165) is 12.1 Å². The summed E-state index contributed by atoms with van der Waals surface area (Å²) >= 11 is 0. The van der Waals surface area contributed by atoms with Crippen molar-refractivity contribution in [1.29, 1.82) is 0 Å². The summed E-state index contributed by atoms with van der Waals surface area (Å²) in [5, 5.41) is 2.62. The molecular weight excluding hydrogens is 314 g/mol. The Morgan fingerprint density at radius 2 is 1.86 bits per heavy atom. The van der Waals surface area contributed by atoms with Crippen molar-refractivity contribution in [3.05, 3.63) is 35.4 Å². The zero-order chi connectivity index (χ0) is 16.9. The zero-order valence-electron chi connectivity index (χ0n) is 12.7. The third-order valence-corrected chi connectivity index (χ3v) is 4.46. The Labute approximate surface area is 129 Å². The van der Waals surface area contributed by atoms with Crippen molar-refractivity contribution in [1.82, 2.24) is 10.0 Å². The van der Waals surface area contributed by atoms with Gasteiger partial charge in [-0.1, -0.05) is 19.9 Å². The maximum atomic E-state index is 13.3. The molecule has 2 N–H and O–H groups in total. The van der Waals surface area contributed by atoms with Gasteiger partial charge in [-0.15, -0.1) is 0 Å². The van der Waals surface area contributed by atoms with Crippen LogP contribution in [0, 0.1) is 17.6 Å². The summed E-state index contributed by atoms with van der Waals surface area (Å²) in [6, 6.07) is 2.86. The zero-order valence-corrected chi connectivity index (χ0v) is 13.5. The van der Waals surface area contributed by atoms with E-state index in [2.05, 4.69) is 10.0 Å². The molecule has 0 saturated carbocycles. The smallest absolute Gasteiger partial charge is 0.235 e.